The molecule has 0 unspecified atom stereocenters. The molecule has 0 saturated heterocycles. The molecule has 0 bridgehead atoms. The number of nitrogens with one attached hydrogen (secondary N) is 1. The summed E-state index contributed by atoms with van der Waals surface area (Å²) in [6.45, 7) is 0. The van der Waals surface area contributed by atoms with Crippen molar-refractivity contribution in [2.45, 2.75) is 6.18 Å². The summed E-state index contributed by atoms with van der Waals surface area (Å²) in [7, 11) is 0. The van der Waals surface area contributed by atoms with Gasteiger partial charge in [-0.3, -0.25) is 0 Å². The Labute approximate surface area is 94.5 Å². The second kappa shape index (κ2) is 3.87. The smallest absolute Gasteiger partial charge is 0.355 e. The predicted octanol–water partition coefficient (Wildman–Crippen LogP) is 4.40. The molecule has 0 aliphatic heterocycles. The fourth-order valence-corrected chi connectivity index (χ4v) is 1.58. The second-order valence-corrected chi connectivity index (χ2v) is 3.77. The van der Waals surface area contributed by atoms with Crippen molar-refractivity contribution in [2.75, 3.05) is 0 Å². The summed E-state index contributed by atoms with van der Waals surface area (Å²) in [6.07, 6.45) is -3.11. The summed E-state index contributed by atoms with van der Waals surface area (Å²) in [5.74, 6) is 0. The lowest BCUT2D eigenvalue weighted by molar-refractivity contribution is -0.0790. The molecule has 1 nitrogen and oxygen atoms in total. The fraction of sp³-hybridized carbons (Fsp3) is 0.0909. The first-order valence-corrected chi connectivity index (χ1v) is 4.86. The lowest BCUT2D eigenvalue weighted by Gasteiger charge is -1.95. The van der Waals surface area contributed by atoms with Gasteiger partial charge >= 0.3 is 6.18 Å². The van der Waals surface area contributed by atoms with Crippen LogP contribution in [0.1, 0.15) is 5.69 Å². The minimum Gasteiger partial charge on any atom is -0.355 e. The number of hydrogen-bond acceptors (Lipinski definition) is 0. The Hall–Kier alpha value is -1.42. The van der Waals surface area contributed by atoms with Gasteiger partial charge in [-0.05, 0) is 30.3 Å². The van der Waals surface area contributed by atoms with Gasteiger partial charge < -0.3 is 4.98 Å². The van der Waals surface area contributed by atoms with E-state index >= 15 is 0 Å². The minimum absolute atomic E-state index is 0.194. The zero-order valence-corrected chi connectivity index (χ0v) is 8.73. The quantitative estimate of drug-likeness (QED) is 0.767. The molecule has 0 amide bonds. The molecule has 1 heterocycles. The largest absolute Gasteiger partial charge is 0.409 e. The van der Waals surface area contributed by atoms with E-state index in [-0.39, 0.29) is 6.08 Å². The lowest BCUT2D eigenvalue weighted by atomic mass is 10.2. The van der Waals surface area contributed by atoms with E-state index in [1.54, 1.807) is 24.3 Å². The molecule has 0 aliphatic rings. The number of aromatic amines is 1. The van der Waals surface area contributed by atoms with Gasteiger partial charge in [-0.2, -0.15) is 13.2 Å². The first-order chi connectivity index (χ1) is 7.44. The van der Waals surface area contributed by atoms with Crippen LogP contribution in [0.4, 0.5) is 13.2 Å². The predicted molar refractivity (Wildman–Crippen MR) is 58.4 cm³/mol. The molecule has 2 aromatic rings. The Morgan fingerprint density at radius 3 is 2.62 bits per heavy atom. The van der Waals surface area contributed by atoms with E-state index < -0.39 is 6.18 Å². The highest BCUT2D eigenvalue weighted by atomic mass is 35.5. The first-order valence-electron chi connectivity index (χ1n) is 4.48. The van der Waals surface area contributed by atoms with Crippen LogP contribution in [0, 0.1) is 0 Å². The number of alkyl halides is 3. The molecule has 1 aromatic heterocycles. The van der Waals surface area contributed by atoms with Crippen LogP contribution in [0.25, 0.3) is 17.0 Å². The highest BCUT2D eigenvalue weighted by Gasteiger charge is 2.21. The van der Waals surface area contributed by atoms with Gasteiger partial charge in [0.15, 0.2) is 0 Å². The third-order valence-corrected chi connectivity index (χ3v) is 2.29. The van der Waals surface area contributed by atoms with Gasteiger partial charge in [0, 0.05) is 27.7 Å². The van der Waals surface area contributed by atoms with Gasteiger partial charge in [-0.25, -0.2) is 0 Å². The van der Waals surface area contributed by atoms with E-state index in [1.807, 2.05) is 0 Å². The zero-order valence-electron chi connectivity index (χ0n) is 7.98. The Bertz CT molecular complexity index is 540. The molecule has 16 heavy (non-hydrogen) atoms. The van der Waals surface area contributed by atoms with Gasteiger partial charge in [0.05, 0.1) is 0 Å². The molecule has 0 atom stereocenters. The molecule has 0 spiro atoms. The average molecular weight is 246 g/mol. The molecule has 84 valence electrons. The molecule has 0 fully saturated rings. The standard InChI is InChI=1S/C11H7ClF3N/c12-8-1-2-10-7(5-8)6-9(16-10)3-4-11(13,14)15/h1-6,16H/b4-3+. The van der Waals surface area contributed by atoms with Crippen molar-refractivity contribution in [1.82, 2.24) is 4.98 Å². The maximum Gasteiger partial charge on any atom is 0.409 e. The van der Waals surface area contributed by atoms with E-state index in [1.165, 1.54) is 0 Å². The van der Waals surface area contributed by atoms with Gasteiger partial charge in [-0.1, -0.05) is 11.6 Å². The summed E-state index contributed by atoms with van der Waals surface area (Å²) < 4.78 is 35.8. The summed E-state index contributed by atoms with van der Waals surface area (Å²) in [6, 6.07) is 6.71. The Kier molecular flexibility index (Phi) is 2.68. The monoisotopic (exact) mass is 245 g/mol. The van der Waals surface area contributed by atoms with Crippen LogP contribution in [0.2, 0.25) is 5.02 Å². The first kappa shape index (κ1) is 11.1. The Morgan fingerprint density at radius 2 is 1.94 bits per heavy atom. The van der Waals surface area contributed by atoms with Gasteiger partial charge in [0.25, 0.3) is 0 Å². The number of benzene rings is 1. The summed E-state index contributed by atoms with van der Waals surface area (Å²) in [5.41, 5.74) is 1.15. The number of fused-ring (bicyclic) bond motifs is 1. The molecule has 0 aliphatic carbocycles. The average Bonchev–Trinajstić information content (AvgIpc) is 2.55. The SMILES string of the molecule is FC(F)(F)/C=C/c1cc2cc(Cl)ccc2[nH]1. The highest BCUT2D eigenvalue weighted by Crippen LogP contribution is 2.22. The number of aromatic nitrogens is 1. The molecular weight excluding hydrogens is 239 g/mol. The molecule has 5 heteroatoms. The van der Waals surface area contributed by atoms with Crippen LogP contribution in [0.5, 0.6) is 0 Å². The number of allylic oxidation sites excluding steroid dienone is 1. The maximum absolute atomic E-state index is 11.9. The van der Waals surface area contributed by atoms with Crippen molar-refractivity contribution in [1.29, 1.82) is 0 Å². The van der Waals surface area contributed by atoms with E-state index in [2.05, 4.69) is 4.98 Å². The summed E-state index contributed by atoms with van der Waals surface area (Å²) in [5, 5.41) is 1.34. The van der Waals surface area contributed by atoms with Crippen LogP contribution in [0.15, 0.2) is 30.3 Å². The van der Waals surface area contributed by atoms with Crippen molar-refractivity contribution in [3.63, 3.8) is 0 Å². The van der Waals surface area contributed by atoms with Crippen LogP contribution >= 0.6 is 11.6 Å². The van der Waals surface area contributed by atoms with E-state index in [0.717, 1.165) is 17.0 Å². The van der Waals surface area contributed by atoms with Crippen molar-refractivity contribution in [2.24, 2.45) is 0 Å². The minimum atomic E-state index is -4.30. The zero-order chi connectivity index (χ0) is 11.8. The number of rotatable bonds is 1. The van der Waals surface area contributed by atoms with Crippen molar-refractivity contribution >= 4 is 28.6 Å². The van der Waals surface area contributed by atoms with Gasteiger partial charge in [0.1, 0.15) is 0 Å². The van der Waals surface area contributed by atoms with Crippen LogP contribution < -0.4 is 0 Å². The molecule has 2 rings (SSSR count). The lowest BCUT2D eigenvalue weighted by Crippen LogP contribution is -2.00. The molecule has 1 N–H and O–H groups in total. The molecular formula is C11H7ClF3N. The van der Waals surface area contributed by atoms with Crippen molar-refractivity contribution in [3.05, 3.63) is 41.1 Å². The van der Waals surface area contributed by atoms with Crippen LogP contribution in [-0.2, 0) is 0 Å². The molecule has 0 saturated carbocycles. The second-order valence-electron chi connectivity index (χ2n) is 3.33. The fourth-order valence-electron chi connectivity index (χ4n) is 1.40. The van der Waals surface area contributed by atoms with Crippen molar-refractivity contribution < 1.29 is 13.2 Å². The third kappa shape index (κ3) is 2.58. The molecule has 0 radical (unpaired) electrons. The van der Waals surface area contributed by atoms with Crippen LogP contribution in [0.3, 0.4) is 0 Å². The van der Waals surface area contributed by atoms with Gasteiger partial charge in [-0.15, -0.1) is 0 Å². The Morgan fingerprint density at radius 1 is 1.19 bits per heavy atom. The van der Waals surface area contributed by atoms with E-state index in [9.17, 15) is 13.2 Å². The third-order valence-electron chi connectivity index (χ3n) is 2.06. The topological polar surface area (TPSA) is 15.8 Å². The Balaban J connectivity index is 2.37. The van der Waals surface area contributed by atoms with E-state index in [0.29, 0.717) is 10.7 Å². The number of halogens is 4. The summed E-state index contributed by atoms with van der Waals surface area (Å²) >= 11 is 5.77. The molecule has 1 aromatic carbocycles. The highest BCUT2D eigenvalue weighted by molar-refractivity contribution is 6.31. The van der Waals surface area contributed by atoms with Gasteiger partial charge in [0.2, 0.25) is 0 Å². The number of hydrogen-bond donors (Lipinski definition) is 1. The normalized spacial score (nSPS) is 12.8. The maximum atomic E-state index is 11.9. The van der Waals surface area contributed by atoms with Crippen LogP contribution in [-0.4, -0.2) is 11.2 Å². The number of H-pyrrole nitrogens is 1. The van der Waals surface area contributed by atoms with Crippen molar-refractivity contribution in [3.8, 4) is 0 Å². The van der Waals surface area contributed by atoms with E-state index in [4.69, 9.17) is 11.6 Å². The summed E-state index contributed by atoms with van der Waals surface area (Å²) in [4.78, 5) is 2.85.